The number of hydrogen-bond acceptors (Lipinski definition) is 5. The molecule has 0 radical (unpaired) electrons. The molecule has 2 N–H and O–H groups in total. The molecule has 0 bridgehead atoms. The monoisotopic (exact) mass is 409 g/mol. The maximum atomic E-state index is 12.4. The third-order valence-corrected chi connectivity index (χ3v) is 6.01. The van der Waals surface area contributed by atoms with E-state index in [4.69, 9.17) is 28.6 Å². The number of aromatic nitrogens is 1. The number of nitrogens with zero attached hydrogens (tertiary/aromatic N) is 1. The van der Waals surface area contributed by atoms with Crippen LogP contribution >= 0.6 is 35.2 Å². The summed E-state index contributed by atoms with van der Waals surface area (Å²) in [5.74, 6) is -0.326. The minimum atomic E-state index is -0.326. The van der Waals surface area contributed by atoms with E-state index in [2.05, 4.69) is 15.6 Å². The van der Waals surface area contributed by atoms with Gasteiger partial charge in [0.25, 0.3) is 0 Å². The standard InChI is InChI=1S/C18H20ClN3O2S2/c1-24-17(23)14-11-7-4-2-3-5-9-13(11)26-16(14)22-18(25)21-12-8-6-10-20-15(12)19/h6,8,10H,2-5,7,9H2,1H3,(H2,21,22,25). The third kappa shape index (κ3) is 4.34. The highest BCUT2D eigenvalue weighted by Gasteiger charge is 2.25. The number of rotatable bonds is 3. The Morgan fingerprint density at radius 3 is 2.77 bits per heavy atom. The molecule has 26 heavy (non-hydrogen) atoms. The maximum Gasteiger partial charge on any atom is 0.341 e. The summed E-state index contributed by atoms with van der Waals surface area (Å²) < 4.78 is 5.03. The van der Waals surface area contributed by atoms with E-state index in [-0.39, 0.29) is 5.97 Å². The summed E-state index contributed by atoms with van der Waals surface area (Å²) >= 11 is 13.0. The first-order valence-corrected chi connectivity index (χ1v) is 10.1. The molecule has 1 aliphatic rings. The Hall–Kier alpha value is -1.70. The second-order valence-electron chi connectivity index (χ2n) is 6.03. The lowest BCUT2D eigenvalue weighted by Crippen LogP contribution is -2.20. The second kappa shape index (κ2) is 8.79. The quantitative estimate of drug-likeness (QED) is 0.420. The minimum absolute atomic E-state index is 0.326. The fourth-order valence-electron chi connectivity index (χ4n) is 3.06. The number of aryl methyl sites for hydroxylation is 1. The molecular weight excluding hydrogens is 390 g/mol. The lowest BCUT2D eigenvalue weighted by atomic mass is 9.96. The van der Waals surface area contributed by atoms with Crippen molar-refractivity contribution in [1.82, 2.24) is 4.98 Å². The van der Waals surface area contributed by atoms with Gasteiger partial charge in [-0.1, -0.05) is 24.4 Å². The largest absolute Gasteiger partial charge is 0.465 e. The molecular formula is C18H20ClN3O2S2. The predicted molar refractivity (Wildman–Crippen MR) is 111 cm³/mol. The number of esters is 1. The van der Waals surface area contributed by atoms with Gasteiger partial charge in [0.15, 0.2) is 10.3 Å². The highest BCUT2D eigenvalue weighted by molar-refractivity contribution is 7.80. The van der Waals surface area contributed by atoms with Gasteiger partial charge in [0.1, 0.15) is 5.00 Å². The van der Waals surface area contributed by atoms with Crippen LogP contribution < -0.4 is 10.6 Å². The molecule has 3 rings (SSSR count). The summed E-state index contributed by atoms with van der Waals surface area (Å²) in [6, 6.07) is 3.56. The first-order chi connectivity index (χ1) is 12.6. The normalized spacial score (nSPS) is 13.9. The van der Waals surface area contributed by atoms with E-state index in [9.17, 15) is 4.79 Å². The van der Waals surface area contributed by atoms with Crippen LogP contribution in [0.2, 0.25) is 5.15 Å². The van der Waals surface area contributed by atoms with Crippen molar-refractivity contribution in [3.63, 3.8) is 0 Å². The molecule has 0 aromatic carbocycles. The first-order valence-electron chi connectivity index (χ1n) is 8.51. The molecule has 5 nitrogen and oxygen atoms in total. The average molecular weight is 410 g/mol. The highest BCUT2D eigenvalue weighted by Crippen LogP contribution is 2.37. The van der Waals surface area contributed by atoms with Gasteiger partial charge in [-0.2, -0.15) is 0 Å². The number of hydrogen-bond donors (Lipinski definition) is 2. The van der Waals surface area contributed by atoms with E-state index in [1.54, 1.807) is 29.7 Å². The summed E-state index contributed by atoms with van der Waals surface area (Å²) in [4.78, 5) is 17.7. The van der Waals surface area contributed by atoms with Gasteiger partial charge in [0, 0.05) is 11.1 Å². The Balaban J connectivity index is 1.86. The zero-order chi connectivity index (χ0) is 18.5. The number of ether oxygens (including phenoxy) is 1. The number of thiophene rings is 1. The second-order valence-corrected chi connectivity index (χ2v) is 7.91. The number of anilines is 2. The predicted octanol–water partition coefficient (Wildman–Crippen LogP) is 5.05. The number of thiocarbonyl (C=S) groups is 1. The number of pyridine rings is 1. The van der Waals surface area contributed by atoms with Gasteiger partial charge in [-0.3, -0.25) is 0 Å². The average Bonchev–Trinajstić information content (AvgIpc) is 2.92. The molecule has 0 amide bonds. The number of methoxy groups -OCH3 is 1. The van der Waals surface area contributed by atoms with Crippen molar-refractivity contribution in [3.8, 4) is 0 Å². The van der Waals surface area contributed by atoms with Gasteiger partial charge in [-0.15, -0.1) is 11.3 Å². The third-order valence-electron chi connectivity index (χ3n) is 4.30. The molecule has 0 atom stereocenters. The Morgan fingerprint density at radius 2 is 2.04 bits per heavy atom. The van der Waals surface area contributed by atoms with Gasteiger partial charge < -0.3 is 15.4 Å². The van der Waals surface area contributed by atoms with E-state index in [0.717, 1.165) is 36.2 Å². The molecule has 8 heteroatoms. The van der Waals surface area contributed by atoms with Crippen LogP contribution in [0.15, 0.2) is 18.3 Å². The zero-order valence-electron chi connectivity index (χ0n) is 14.4. The Morgan fingerprint density at radius 1 is 1.27 bits per heavy atom. The lowest BCUT2D eigenvalue weighted by Gasteiger charge is -2.12. The fraction of sp³-hybridized carbons (Fsp3) is 0.389. The van der Waals surface area contributed by atoms with Gasteiger partial charge in [-0.05, 0) is 55.6 Å². The highest BCUT2D eigenvalue weighted by atomic mass is 35.5. The number of halogens is 1. The fourth-order valence-corrected chi connectivity index (χ4v) is 4.79. The SMILES string of the molecule is COC(=O)c1c(NC(=S)Nc2cccnc2Cl)sc2c1CCCCCC2. The zero-order valence-corrected chi connectivity index (χ0v) is 16.8. The number of carbonyl (C=O) groups is 1. The topological polar surface area (TPSA) is 63.2 Å². The van der Waals surface area contributed by atoms with E-state index in [1.807, 2.05) is 0 Å². The Bertz CT molecular complexity index is 823. The van der Waals surface area contributed by atoms with Crippen molar-refractivity contribution in [2.24, 2.45) is 0 Å². The van der Waals surface area contributed by atoms with Gasteiger partial charge >= 0.3 is 5.97 Å². The molecule has 1 aliphatic carbocycles. The molecule has 2 heterocycles. The molecule has 2 aromatic heterocycles. The van der Waals surface area contributed by atoms with Gasteiger partial charge in [0.2, 0.25) is 0 Å². The number of fused-ring (bicyclic) bond motifs is 1. The number of nitrogens with one attached hydrogen (secondary N) is 2. The van der Waals surface area contributed by atoms with Crippen molar-refractivity contribution in [2.75, 3.05) is 17.7 Å². The van der Waals surface area contributed by atoms with Crippen molar-refractivity contribution in [1.29, 1.82) is 0 Å². The molecule has 138 valence electrons. The van der Waals surface area contributed by atoms with Crippen LogP contribution in [-0.2, 0) is 17.6 Å². The van der Waals surface area contributed by atoms with E-state index < -0.39 is 0 Å². The van der Waals surface area contributed by atoms with Gasteiger partial charge in [-0.25, -0.2) is 9.78 Å². The summed E-state index contributed by atoms with van der Waals surface area (Å²) in [6.07, 6.45) is 8.14. The van der Waals surface area contributed by atoms with Crippen LogP contribution in [0, 0.1) is 0 Å². The van der Waals surface area contributed by atoms with E-state index >= 15 is 0 Å². The van der Waals surface area contributed by atoms with Crippen molar-refractivity contribution >= 4 is 56.9 Å². The van der Waals surface area contributed by atoms with E-state index in [0.29, 0.717) is 21.5 Å². The Labute approximate surface area is 167 Å². The van der Waals surface area contributed by atoms with Crippen molar-refractivity contribution in [2.45, 2.75) is 38.5 Å². The van der Waals surface area contributed by atoms with E-state index in [1.165, 1.54) is 24.8 Å². The molecule has 0 spiro atoms. The molecule has 0 saturated heterocycles. The Kier molecular flexibility index (Phi) is 6.45. The summed E-state index contributed by atoms with van der Waals surface area (Å²) in [7, 11) is 1.41. The molecule has 0 saturated carbocycles. The van der Waals surface area contributed by atoms with Crippen LogP contribution in [0.25, 0.3) is 0 Å². The van der Waals surface area contributed by atoms with Crippen LogP contribution in [-0.4, -0.2) is 23.2 Å². The summed E-state index contributed by atoms with van der Waals surface area (Å²) in [5.41, 5.74) is 2.32. The molecule has 0 aliphatic heterocycles. The smallest absolute Gasteiger partial charge is 0.341 e. The number of carbonyl (C=O) groups excluding carboxylic acids is 1. The first kappa shape index (κ1) is 19.1. The minimum Gasteiger partial charge on any atom is -0.465 e. The van der Waals surface area contributed by atoms with Crippen LogP contribution in [0.4, 0.5) is 10.7 Å². The summed E-state index contributed by atoms with van der Waals surface area (Å²) in [5, 5.41) is 7.60. The van der Waals surface area contributed by atoms with Gasteiger partial charge in [0.05, 0.1) is 18.4 Å². The molecule has 2 aromatic rings. The maximum absolute atomic E-state index is 12.4. The van der Waals surface area contributed by atoms with Crippen LogP contribution in [0.5, 0.6) is 0 Å². The van der Waals surface area contributed by atoms with Crippen LogP contribution in [0.3, 0.4) is 0 Å². The lowest BCUT2D eigenvalue weighted by molar-refractivity contribution is 0.0601. The van der Waals surface area contributed by atoms with Crippen molar-refractivity contribution in [3.05, 3.63) is 39.5 Å². The molecule has 0 fully saturated rings. The molecule has 0 unspecified atom stereocenters. The van der Waals surface area contributed by atoms with Crippen molar-refractivity contribution < 1.29 is 9.53 Å². The van der Waals surface area contributed by atoms with Crippen LogP contribution in [0.1, 0.15) is 46.5 Å². The summed E-state index contributed by atoms with van der Waals surface area (Å²) in [6.45, 7) is 0.